The van der Waals surface area contributed by atoms with Crippen molar-refractivity contribution in [3.8, 4) is 0 Å². The molecule has 3 heteroatoms. The predicted molar refractivity (Wildman–Crippen MR) is 89.9 cm³/mol. The first kappa shape index (κ1) is 16.2. The first-order chi connectivity index (χ1) is 10.5. The Kier molecular flexibility index (Phi) is 5.31. The zero-order valence-corrected chi connectivity index (χ0v) is 13.9. The van der Waals surface area contributed by atoms with Crippen molar-refractivity contribution in [3.63, 3.8) is 0 Å². The van der Waals surface area contributed by atoms with Gasteiger partial charge in [-0.3, -0.25) is 4.79 Å². The SMILES string of the molecule is CC[C@H](C)c1ccccc1NC(=O)C[n+]1cccc(C)c1C. The van der Waals surface area contributed by atoms with E-state index in [-0.39, 0.29) is 5.91 Å². The van der Waals surface area contributed by atoms with Crippen molar-refractivity contribution in [2.75, 3.05) is 5.32 Å². The van der Waals surface area contributed by atoms with Gasteiger partial charge in [0.05, 0.1) is 0 Å². The van der Waals surface area contributed by atoms with E-state index < -0.39 is 0 Å². The molecule has 3 nitrogen and oxygen atoms in total. The van der Waals surface area contributed by atoms with E-state index in [1.807, 2.05) is 42.0 Å². The minimum absolute atomic E-state index is 0.00875. The van der Waals surface area contributed by atoms with Crippen LogP contribution in [0.3, 0.4) is 0 Å². The molecule has 0 aliphatic rings. The van der Waals surface area contributed by atoms with Gasteiger partial charge in [-0.15, -0.1) is 0 Å². The first-order valence-corrected chi connectivity index (χ1v) is 7.87. The van der Waals surface area contributed by atoms with E-state index in [0.29, 0.717) is 12.5 Å². The summed E-state index contributed by atoms with van der Waals surface area (Å²) in [5.41, 5.74) is 4.43. The van der Waals surface area contributed by atoms with Gasteiger partial charge in [0.25, 0.3) is 5.91 Å². The number of benzene rings is 1. The van der Waals surface area contributed by atoms with Gasteiger partial charge >= 0.3 is 0 Å². The summed E-state index contributed by atoms with van der Waals surface area (Å²) < 4.78 is 1.98. The molecule has 0 radical (unpaired) electrons. The van der Waals surface area contributed by atoms with Crippen LogP contribution >= 0.6 is 0 Å². The molecular weight excluding hydrogens is 272 g/mol. The molecule has 22 heavy (non-hydrogen) atoms. The first-order valence-electron chi connectivity index (χ1n) is 7.87. The zero-order chi connectivity index (χ0) is 16.1. The van der Waals surface area contributed by atoms with Gasteiger partial charge < -0.3 is 5.32 Å². The smallest absolute Gasteiger partial charge is 0.290 e. The van der Waals surface area contributed by atoms with Crippen LogP contribution < -0.4 is 9.88 Å². The van der Waals surface area contributed by atoms with Crippen molar-refractivity contribution in [2.45, 2.75) is 46.6 Å². The van der Waals surface area contributed by atoms with E-state index in [0.717, 1.165) is 17.8 Å². The number of amides is 1. The molecule has 0 spiro atoms. The molecule has 0 saturated heterocycles. The maximum absolute atomic E-state index is 12.4. The summed E-state index contributed by atoms with van der Waals surface area (Å²) in [4.78, 5) is 12.4. The van der Waals surface area contributed by atoms with Crippen LogP contribution in [0, 0.1) is 13.8 Å². The third-order valence-corrected chi connectivity index (χ3v) is 4.31. The molecule has 2 aromatic rings. The maximum Gasteiger partial charge on any atom is 0.290 e. The number of aryl methyl sites for hydroxylation is 1. The van der Waals surface area contributed by atoms with E-state index >= 15 is 0 Å². The summed E-state index contributed by atoms with van der Waals surface area (Å²) in [7, 11) is 0. The lowest BCUT2D eigenvalue weighted by atomic mass is 9.97. The van der Waals surface area contributed by atoms with Crippen LogP contribution in [0.15, 0.2) is 42.6 Å². The lowest BCUT2D eigenvalue weighted by Gasteiger charge is -2.15. The standard InChI is InChI=1S/C19H24N2O/c1-5-14(2)17-10-6-7-11-18(17)20-19(22)13-21-12-8-9-15(3)16(21)4/h6-12,14H,5,13H2,1-4H3/p+1/t14-/m0/s1. The van der Waals surface area contributed by atoms with E-state index in [2.05, 4.69) is 38.2 Å². The number of rotatable bonds is 5. The molecule has 1 atom stereocenters. The number of nitrogens with zero attached hydrogens (tertiary/aromatic N) is 1. The summed E-state index contributed by atoms with van der Waals surface area (Å²) in [5.74, 6) is 0.444. The molecule has 116 valence electrons. The molecule has 2 rings (SSSR count). The Balaban J connectivity index is 2.14. The minimum atomic E-state index is 0.00875. The van der Waals surface area contributed by atoms with Crippen molar-refractivity contribution in [1.82, 2.24) is 0 Å². The molecule has 0 fully saturated rings. The minimum Gasteiger partial charge on any atom is -0.320 e. The van der Waals surface area contributed by atoms with Gasteiger partial charge in [0.15, 0.2) is 11.9 Å². The second kappa shape index (κ2) is 7.21. The zero-order valence-electron chi connectivity index (χ0n) is 13.9. The van der Waals surface area contributed by atoms with Gasteiger partial charge in [0, 0.05) is 24.2 Å². The second-order valence-corrected chi connectivity index (χ2v) is 5.85. The monoisotopic (exact) mass is 297 g/mol. The molecular formula is C19H25N2O+. The van der Waals surface area contributed by atoms with E-state index in [1.165, 1.54) is 11.1 Å². The number of anilines is 1. The molecule has 0 saturated carbocycles. The van der Waals surface area contributed by atoms with Crippen molar-refractivity contribution >= 4 is 11.6 Å². The fourth-order valence-corrected chi connectivity index (χ4v) is 2.53. The predicted octanol–water partition coefficient (Wildman–Crippen LogP) is 3.74. The lowest BCUT2D eigenvalue weighted by Crippen LogP contribution is -2.43. The largest absolute Gasteiger partial charge is 0.320 e. The van der Waals surface area contributed by atoms with Crippen molar-refractivity contribution in [1.29, 1.82) is 0 Å². The molecule has 1 amide bonds. The Morgan fingerprint density at radius 2 is 1.91 bits per heavy atom. The number of hydrogen-bond acceptors (Lipinski definition) is 1. The quantitative estimate of drug-likeness (QED) is 0.838. The Morgan fingerprint density at radius 3 is 2.64 bits per heavy atom. The number of carbonyl (C=O) groups excluding carboxylic acids is 1. The molecule has 0 unspecified atom stereocenters. The number of hydrogen-bond donors (Lipinski definition) is 1. The summed E-state index contributed by atoms with van der Waals surface area (Å²) >= 11 is 0. The summed E-state index contributed by atoms with van der Waals surface area (Å²) in [6.07, 6.45) is 3.00. The third-order valence-electron chi connectivity index (χ3n) is 4.31. The van der Waals surface area contributed by atoms with Crippen LogP contribution in [0.5, 0.6) is 0 Å². The van der Waals surface area contributed by atoms with Crippen LogP contribution in [-0.4, -0.2) is 5.91 Å². The number of para-hydroxylation sites is 1. The maximum atomic E-state index is 12.4. The number of pyridine rings is 1. The van der Waals surface area contributed by atoms with Gasteiger partial charge in [-0.05, 0) is 37.0 Å². The van der Waals surface area contributed by atoms with Crippen molar-refractivity contribution in [3.05, 3.63) is 59.4 Å². The van der Waals surface area contributed by atoms with E-state index in [4.69, 9.17) is 0 Å². The average molecular weight is 297 g/mol. The number of nitrogens with one attached hydrogen (secondary N) is 1. The summed E-state index contributed by atoms with van der Waals surface area (Å²) in [6.45, 7) is 8.78. The molecule has 0 aliphatic carbocycles. The highest BCUT2D eigenvalue weighted by molar-refractivity contribution is 5.90. The molecule has 1 heterocycles. The highest BCUT2D eigenvalue weighted by atomic mass is 16.1. The Morgan fingerprint density at radius 1 is 1.18 bits per heavy atom. The molecule has 0 aliphatic heterocycles. The normalized spacial score (nSPS) is 12.0. The van der Waals surface area contributed by atoms with Gasteiger partial charge in [-0.1, -0.05) is 32.0 Å². The van der Waals surface area contributed by atoms with Crippen LogP contribution in [-0.2, 0) is 11.3 Å². The van der Waals surface area contributed by atoms with Crippen LogP contribution in [0.1, 0.15) is 43.0 Å². The Hall–Kier alpha value is -2.16. The fourth-order valence-electron chi connectivity index (χ4n) is 2.53. The second-order valence-electron chi connectivity index (χ2n) is 5.85. The van der Waals surface area contributed by atoms with Crippen LogP contribution in [0.4, 0.5) is 5.69 Å². The summed E-state index contributed by atoms with van der Waals surface area (Å²) in [5, 5.41) is 3.06. The molecule has 0 bridgehead atoms. The third kappa shape index (κ3) is 3.73. The van der Waals surface area contributed by atoms with Crippen molar-refractivity contribution < 1.29 is 9.36 Å². The fraction of sp³-hybridized carbons (Fsp3) is 0.368. The van der Waals surface area contributed by atoms with Crippen molar-refractivity contribution in [2.24, 2.45) is 0 Å². The lowest BCUT2D eigenvalue weighted by molar-refractivity contribution is -0.690. The molecule has 1 aromatic heterocycles. The molecule has 1 N–H and O–H groups in total. The van der Waals surface area contributed by atoms with Gasteiger partial charge in [0.1, 0.15) is 0 Å². The van der Waals surface area contributed by atoms with Gasteiger partial charge in [-0.2, -0.15) is 4.57 Å². The Labute approximate surface area is 133 Å². The van der Waals surface area contributed by atoms with Gasteiger partial charge in [0.2, 0.25) is 6.54 Å². The highest BCUT2D eigenvalue weighted by Crippen LogP contribution is 2.26. The number of aromatic nitrogens is 1. The van der Waals surface area contributed by atoms with Gasteiger partial charge in [-0.25, -0.2) is 0 Å². The van der Waals surface area contributed by atoms with Crippen LogP contribution in [0.25, 0.3) is 0 Å². The molecule has 1 aromatic carbocycles. The summed E-state index contributed by atoms with van der Waals surface area (Å²) in [6, 6.07) is 12.1. The van der Waals surface area contributed by atoms with E-state index in [1.54, 1.807) is 0 Å². The topological polar surface area (TPSA) is 33.0 Å². The number of carbonyl (C=O) groups is 1. The average Bonchev–Trinajstić information content (AvgIpc) is 2.51. The van der Waals surface area contributed by atoms with E-state index in [9.17, 15) is 4.79 Å². The Bertz CT molecular complexity index is 664. The highest BCUT2D eigenvalue weighted by Gasteiger charge is 2.16. The van der Waals surface area contributed by atoms with Crippen LogP contribution in [0.2, 0.25) is 0 Å².